The highest BCUT2D eigenvalue weighted by Gasteiger charge is 2.07. The summed E-state index contributed by atoms with van der Waals surface area (Å²) in [6.45, 7) is 6.69. The molecular weight excluding hydrogens is 204 g/mol. The molecule has 2 aromatic carbocycles. The third-order valence-corrected chi connectivity index (χ3v) is 3.16. The molecular formula is C17H20. The Bertz CT molecular complexity index is 481. The summed E-state index contributed by atoms with van der Waals surface area (Å²) in [6.07, 6.45) is 1.04. The van der Waals surface area contributed by atoms with Gasteiger partial charge >= 0.3 is 0 Å². The Kier molecular flexibility index (Phi) is 3.63. The Morgan fingerprint density at radius 3 is 2.29 bits per heavy atom. The molecule has 0 atom stereocenters. The summed E-state index contributed by atoms with van der Waals surface area (Å²) in [4.78, 5) is 0. The van der Waals surface area contributed by atoms with Gasteiger partial charge in [0.15, 0.2) is 0 Å². The van der Waals surface area contributed by atoms with Gasteiger partial charge in [-0.25, -0.2) is 0 Å². The zero-order valence-corrected chi connectivity index (χ0v) is 10.9. The van der Waals surface area contributed by atoms with Gasteiger partial charge in [-0.2, -0.15) is 0 Å². The summed E-state index contributed by atoms with van der Waals surface area (Å²) < 4.78 is 0. The fourth-order valence-electron chi connectivity index (χ4n) is 2.27. The van der Waals surface area contributed by atoms with Crippen molar-refractivity contribution < 1.29 is 0 Å². The zero-order valence-electron chi connectivity index (χ0n) is 10.9. The van der Waals surface area contributed by atoms with E-state index in [4.69, 9.17) is 0 Å². The molecule has 0 saturated heterocycles. The minimum atomic E-state index is 0.592. The lowest BCUT2D eigenvalue weighted by Gasteiger charge is -2.13. The Morgan fingerprint density at radius 2 is 1.65 bits per heavy atom. The summed E-state index contributed by atoms with van der Waals surface area (Å²) >= 11 is 0. The molecule has 0 heterocycles. The van der Waals surface area contributed by atoms with Crippen LogP contribution in [0.2, 0.25) is 0 Å². The van der Waals surface area contributed by atoms with Crippen molar-refractivity contribution in [1.29, 1.82) is 0 Å². The van der Waals surface area contributed by atoms with Crippen molar-refractivity contribution in [2.75, 3.05) is 0 Å². The molecule has 0 bridgehead atoms. The van der Waals surface area contributed by atoms with Crippen LogP contribution in [0.1, 0.15) is 42.0 Å². The van der Waals surface area contributed by atoms with Crippen LogP contribution in [0.4, 0.5) is 0 Å². The summed E-state index contributed by atoms with van der Waals surface area (Å²) in [5.74, 6) is 0.592. The minimum absolute atomic E-state index is 0.592. The lowest BCUT2D eigenvalue weighted by Crippen LogP contribution is -1.98. The Balaban J connectivity index is 2.34. The second kappa shape index (κ2) is 5.18. The van der Waals surface area contributed by atoms with Crippen molar-refractivity contribution in [1.82, 2.24) is 0 Å². The van der Waals surface area contributed by atoms with Crippen molar-refractivity contribution in [3.8, 4) is 0 Å². The fraction of sp³-hybridized carbons (Fsp3) is 0.294. The number of hydrogen-bond donors (Lipinski definition) is 0. The van der Waals surface area contributed by atoms with E-state index in [0.29, 0.717) is 5.92 Å². The summed E-state index contributed by atoms with van der Waals surface area (Å²) in [6, 6.07) is 17.5. The minimum Gasteiger partial charge on any atom is -0.0622 e. The van der Waals surface area contributed by atoms with Gasteiger partial charge in [0.05, 0.1) is 0 Å². The van der Waals surface area contributed by atoms with Gasteiger partial charge < -0.3 is 0 Å². The maximum Gasteiger partial charge on any atom is -0.00228 e. The van der Waals surface area contributed by atoms with Crippen LogP contribution in [0.3, 0.4) is 0 Å². The van der Waals surface area contributed by atoms with E-state index in [1.807, 2.05) is 0 Å². The summed E-state index contributed by atoms with van der Waals surface area (Å²) in [5, 5.41) is 0. The van der Waals surface area contributed by atoms with Crippen molar-refractivity contribution in [2.24, 2.45) is 0 Å². The molecule has 0 nitrogen and oxygen atoms in total. The smallest absolute Gasteiger partial charge is 0.00228 e. The molecule has 0 N–H and O–H groups in total. The number of aryl methyl sites for hydroxylation is 1. The van der Waals surface area contributed by atoms with Gasteiger partial charge in [0.2, 0.25) is 0 Å². The second-order valence-electron chi connectivity index (χ2n) is 5.02. The molecule has 0 heteroatoms. The third-order valence-electron chi connectivity index (χ3n) is 3.16. The molecule has 17 heavy (non-hydrogen) atoms. The first kappa shape index (κ1) is 11.9. The largest absolute Gasteiger partial charge is 0.0622 e. The van der Waals surface area contributed by atoms with Gasteiger partial charge in [-0.1, -0.05) is 67.9 Å². The van der Waals surface area contributed by atoms with Crippen LogP contribution in [0, 0.1) is 6.92 Å². The highest BCUT2D eigenvalue weighted by atomic mass is 14.1. The van der Waals surface area contributed by atoms with Crippen molar-refractivity contribution in [2.45, 2.75) is 33.1 Å². The van der Waals surface area contributed by atoms with Crippen LogP contribution in [0.5, 0.6) is 0 Å². The van der Waals surface area contributed by atoms with Crippen LogP contribution in [-0.2, 0) is 6.42 Å². The van der Waals surface area contributed by atoms with Crippen LogP contribution in [0.15, 0.2) is 48.5 Å². The highest BCUT2D eigenvalue weighted by molar-refractivity contribution is 5.37. The SMILES string of the molecule is Cc1ccc(C(C)C)c(Cc2ccccc2)c1. The molecule has 2 rings (SSSR count). The van der Waals surface area contributed by atoms with E-state index in [1.165, 1.54) is 22.3 Å². The fourth-order valence-corrected chi connectivity index (χ4v) is 2.27. The Labute approximate surface area is 104 Å². The first-order valence-electron chi connectivity index (χ1n) is 6.30. The van der Waals surface area contributed by atoms with Crippen LogP contribution in [-0.4, -0.2) is 0 Å². The number of hydrogen-bond acceptors (Lipinski definition) is 0. The van der Waals surface area contributed by atoms with E-state index in [2.05, 4.69) is 69.3 Å². The molecule has 0 aliphatic carbocycles. The normalized spacial score (nSPS) is 10.8. The van der Waals surface area contributed by atoms with Gasteiger partial charge in [0, 0.05) is 0 Å². The molecule has 0 radical (unpaired) electrons. The van der Waals surface area contributed by atoms with Crippen molar-refractivity contribution in [3.63, 3.8) is 0 Å². The lowest BCUT2D eigenvalue weighted by atomic mass is 9.92. The maximum absolute atomic E-state index is 2.32. The highest BCUT2D eigenvalue weighted by Crippen LogP contribution is 2.23. The summed E-state index contributed by atoms with van der Waals surface area (Å²) in [5.41, 5.74) is 5.67. The quantitative estimate of drug-likeness (QED) is 0.708. The monoisotopic (exact) mass is 224 g/mol. The third kappa shape index (κ3) is 2.97. The molecule has 0 fully saturated rings. The van der Waals surface area contributed by atoms with Gasteiger partial charge in [-0.15, -0.1) is 0 Å². The van der Waals surface area contributed by atoms with E-state index in [0.717, 1.165) is 6.42 Å². The zero-order chi connectivity index (χ0) is 12.3. The van der Waals surface area contributed by atoms with E-state index in [9.17, 15) is 0 Å². The van der Waals surface area contributed by atoms with E-state index >= 15 is 0 Å². The van der Waals surface area contributed by atoms with Crippen molar-refractivity contribution >= 4 is 0 Å². The Hall–Kier alpha value is -1.56. The number of rotatable bonds is 3. The molecule has 0 saturated carbocycles. The standard InChI is InChI=1S/C17H20/c1-13(2)17-10-9-14(3)11-16(17)12-15-7-5-4-6-8-15/h4-11,13H,12H2,1-3H3. The van der Waals surface area contributed by atoms with E-state index in [1.54, 1.807) is 0 Å². The molecule has 0 unspecified atom stereocenters. The predicted molar refractivity (Wildman–Crippen MR) is 74.5 cm³/mol. The maximum atomic E-state index is 2.32. The topological polar surface area (TPSA) is 0 Å². The molecule has 0 aliphatic rings. The molecule has 0 amide bonds. The van der Waals surface area contributed by atoms with Crippen LogP contribution < -0.4 is 0 Å². The van der Waals surface area contributed by atoms with Gasteiger partial charge in [-0.3, -0.25) is 0 Å². The molecule has 88 valence electrons. The summed E-state index contributed by atoms with van der Waals surface area (Å²) in [7, 11) is 0. The van der Waals surface area contributed by atoms with Gasteiger partial charge in [0.25, 0.3) is 0 Å². The van der Waals surface area contributed by atoms with E-state index in [-0.39, 0.29) is 0 Å². The van der Waals surface area contributed by atoms with Crippen LogP contribution in [0.25, 0.3) is 0 Å². The average Bonchev–Trinajstić information content (AvgIpc) is 2.30. The van der Waals surface area contributed by atoms with Crippen LogP contribution >= 0.6 is 0 Å². The molecule has 2 aromatic rings. The molecule has 0 aliphatic heterocycles. The Morgan fingerprint density at radius 1 is 0.941 bits per heavy atom. The average molecular weight is 224 g/mol. The van der Waals surface area contributed by atoms with E-state index < -0.39 is 0 Å². The first-order valence-corrected chi connectivity index (χ1v) is 6.30. The first-order chi connectivity index (χ1) is 8.16. The van der Waals surface area contributed by atoms with Crippen molar-refractivity contribution in [3.05, 3.63) is 70.8 Å². The number of benzene rings is 2. The van der Waals surface area contributed by atoms with Gasteiger partial charge in [0.1, 0.15) is 0 Å². The molecule has 0 spiro atoms. The predicted octanol–water partition coefficient (Wildman–Crippen LogP) is 4.71. The van der Waals surface area contributed by atoms with Gasteiger partial charge in [-0.05, 0) is 36.0 Å². The second-order valence-corrected chi connectivity index (χ2v) is 5.02. The molecule has 0 aromatic heterocycles. The lowest BCUT2D eigenvalue weighted by molar-refractivity contribution is 0.847.